The molecule has 0 saturated carbocycles. The lowest BCUT2D eigenvalue weighted by atomic mass is 10.2. The average Bonchev–Trinajstić information content (AvgIpc) is 2.60. The molecule has 0 saturated heterocycles. The van der Waals surface area contributed by atoms with Crippen LogP contribution in [-0.4, -0.2) is 25.6 Å². The third-order valence-corrected chi connectivity index (χ3v) is 3.64. The smallest absolute Gasteiger partial charge is 0.331 e. The highest BCUT2D eigenvalue weighted by atomic mass is 35.5. The first-order valence-corrected chi connectivity index (χ1v) is 7.97. The molecule has 0 heterocycles. The van der Waals surface area contributed by atoms with Gasteiger partial charge in [0.2, 0.25) is 0 Å². The predicted octanol–water partition coefficient (Wildman–Crippen LogP) is 4.20. The molecule has 2 aromatic carbocycles. The molecular formula is C18H15Cl2NO4. The lowest BCUT2D eigenvalue weighted by molar-refractivity contribution is -0.142. The van der Waals surface area contributed by atoms with Crippen molar-refractivity contribution in [3.05, 3.63) is 64.1 Å². The molecule has 0 aliphatic carbocycles. The van der Waals surface area contributed by atoms with Crippen LogP contribution >= 0.6 is 23.2 Å². The highest BCUT2D eigenvalue weighted by molar-refractivity contribution is 6.35. The largest absolute Gasteiger partial charge is 0.497 e. The van der Waals surface area contributed by atoms with Crippen LogP contribution in [0.15, 0.2) is 48.5 Å². The molecule has 0 fully saturated rings. The topological polar surface area (TPSA) is 64.6 Å². The van der Waals surface area contributed by atoms with Crippen molar-refractivity contribution >= 4 is 46.8 Å². The second kappa shape index (κ2) is 9.11. The molecule has 0 spiro atoms. The number of anilines is 1. The fraction of sp³-hybridized carbons (Fsp3) is 0.111. The molecule has 0 atom stereocenters. The Bertz CT molecular complexity index is 788. The van der Waals surface area contributed by atoms with Crippen LogP contribution in [0.4, 0.5) is 5.69 Å². The van der Waals surface area contributed by atoms with Crippen LogP contribution in [0.3, 0.4) is 0 Å². The third kappa shape index (κ3) is 6.14. The molecule has 0 unspecified atom stereocenters. The molecule has 7 heteroatoms. The fourth-order valence-electron chi connectivity index (χ4n) is 1.85. The maximum absolute atomic E-state index is 11.8. The second-order valence-electron chi connectivity index (χ2n) is 4.88. The fourth-order valence-corrected chi connectivity index (χ4v) is 2.32. The van der Waals surface area contributed by atoms with Gasteiger partial charge in [0.1, 0.15) is 5.75 Å². The first-order valence-electron chi connectivity index (χ1n) is 7.22. The summed E-state index contributed by atoms with van der Waals surface area (Å²) in [5, 5.41) is 3.52. The van der Waals surface area contributed by atoms with Gasteiger partial charge in [-0.15, -0.1) is 0 Å². The van der Waals surface area contributed by atoms with Gasteiger partial charge >= 0.3 is 5.97 Å². The van der Waals surface area contributed by atoms with Crippen molar-refractivity contribution in [2.45, 2.75) is 0 Å². The monoisotopic (exact) mass is 379 g/mol. The van der Waals surface area contributed by atoms with E-state index in [4.69, 9.17) is 32.7 Å². The van der Waals surface area contributed by atoms with Crippen LogP contribution in [-0.2, 0) is 14.3 Å². The Morgan fingerprint density at radius 3 is 2.48 bits per heavy atom. The molecular weight excluding hydrogens is 365 g/mol. The third-order valence-electron chi connectivity index (χ3n) is 3.08. The van der Waals surface area contributed by atoms with Crippen molar-refractivity contribution in [2.24, 2.45) is 0 Å². The lowest BCUT2D eigenvalue weighted by Crippen LogP contribution is -2.20. The van der Waals surface area contributed by atoms with E-state index < -0.39 is 18.5 Å². The van der Waals surface area contributed by atoms with Gasteiger partial charge in [-0.25, -0.2) is 4.79 Å². The standard InChI is InChI=1S/C18H15Cl2NO4/c1-24-15-7-5-14(6-8-15)21-17(22)11-25-18(23)9-3-12-2-4-13(19)10-16(12)20/h2-10H,11H2,1H3,(H,21,22)/b9-3+. The van der Waals surface area contributed by atoms with Gasteiger partial charge < -0.3 is 14.8 Å². The second-order valence-corrected chi connectivity index (χ2v) is 5.73. The number of nitrogens with one attached hydrogen (secondary N) is 1. The molecule has 130 valence electrons. The number of esters is 1. The summed E-state index contributed by atoms with van der Waals surface area (Å²) in [6.07, 6.45) is 2.68. The first kappa shape index (κ1) is 18.8. The highest BCUT2D eigenvalue weighted by Gasteiger charge is 2.06. The Morgan fingerprint density at radius 1 is 1.12 bits per heavy atom. The quantitative estimate of drug-likeness (QED) is 0.603. The van der Waals surface area contributed by atoms with Gasteiger partial charge in [0.25, 0.3) is 5.91 Å². The van der Waals surface area contributed by atoms with Crippen molar-refractivity contribution in [3.63, 3.8) is 0 Å². The maximum Gasteiger partial charge on any atom is 0.331 e. The van der Waals surface area contributed by atoms with E-state index in [0.717, 1.165) is 0 Å². The number of methoxy groups -OCH3 is 1. The van der Waals surface area contributed by atoms with Crippen LogP contribution in [0.5, 0.6) is 5.75 Å². The van der Waals surface area contributed by atoms with Crippen LogP contribution in [0.25, 0.3) is 6.08 Å². The number of amides is 1. The number of halogens is 2. The Hall–Kier alpha value is -2.50. The summed E-state index contributed by atoms with van der Waals surface area (Å²) in [5.41, 5.74) is 1.19. The van der Waals surface area contributed by atoms with Crippen molar-refractivity contribution in [1.29, 1.82) is 0 Å². The summed E-state index contributed by atoms with van der Waals surface area (Å²) in [4.78, 5) is 23.4. The molecule has 1 N–H and O–H groups in total. The zero-order chi connectivity index (χ0) is 18.2. The first-order chi connectivity index (χ1) is 12.0. The van der Waals surface area contributed by atoms with Gasteiger partial charge in [0, 0.05) is 21.8 Å². The lowest BCUT2D eigenvalue weighted by Gasteiger charge is -2.06. The molecule has 2 rings (SSSR count). The summed E-state index contributed by atoms with van der Waals surface area (Å²) in [7, 11) is 1.55. The van der Waals surface area contributed by atoms with Gasteiger partial charge in [0.15, 0.2) is 6.61 Å². The summed E-state index contributed by atoms with van der Waals surface area (Å²) >= 11 is 11.8. The van der Waals surface area contributed by atoms with Crippen LogP contribution < -0.4 is 10.1 Å². The van der Waals surface area contributed by atoms with Crippen molar-refractivity contribution in [1.82, 2.24) is 0 Å². The van der Waals surface area contributed by atoms with Gasteiger partial charge in [0.05, 0.1) is 7.11 Å². The zero-order valence-electron chi connectivity index (χ0n) is 13.3. The number of carbonyl (C=O) groups is 2. The number of rotatable bonds is 6. The number of carbonyl (C=O) groups excluding carboxylic acids is 2. The van der Waals surface area contributed by atoms with E-state index in [1.807, 2.05) is 0 Å². The van der Waals surface area contributed by atoms with E-state index in [1.54, 1.807) is 49.6 Å². The Morgan fingerprint density at radius 2 is 1.84 bits per heavy atom. The van der Waals surface area contributed by atoms with E-state index in [0.29, 0.717) is 27.0 Å². The molecule has 2 aromatic rings. The number of benzene rings is 2. The Labute approximate surface area is 155 Å². The molecule has 0 radical (unpaired) electrons. The molecule has 0 aromatic heterocycles. The van der Waals surface area contributed by atoms with E-state index in [2.05, 4.69) is 5.32 Å². The average molecular weight is 380 g/mol. The Kier molecular flexibility index (Phi) is 6.86. The van der Waals surface area contributed by atoms with E-state index in [9.17, 15) is 9.59 Å². The van der Waals surface area contributed by atoms with Crippen molar-refractivity contribution in [2.75, 3.05) is 19.0 Å². The summed E-state index contributed by atoms with van der Waals surface area (Å²) in [6.45, 7) is -0.399. The summed E-state index contributed by atoms with van der Waals surface area (Å²) in [6, 6.07) is 11.7. The number of ether oxygens (including phenoxy) is 2. The summed E-state index contributed by atoms with van der Waals surface area (Å²) < 4.78 is 9.90. The normalized spacial score (nSPS) is 10.5. The van der Waals surface area contributed by atoms with Gasteiger partial charge in [-0.05, 0) is 48.0 Å². The van der Waals surface area contributed by atoms with E-state index >= 15 is 0 Å². The predicted molar refractivity (Wildman–Crippen MR) is 98.1 cm³/mol. The molecule has 5 nitrogen and oxygen atoms in total. The van der Waals surface area contributed by atoms with E-state index in [-0.39, 0.29) is 0 Å². The molecule has 0 aliphatic heterocycles. The van der Waals surface area contributed by atoms with Crippen LogP contribution in [0.2, 0.25) is 10.0 Å². The highest BCUT2D eigenvalue weighted by Crippen LogP contribution is 2.22. The minimum absolute atomic E-state index is 0.399. The number of hydrogen-bond donors (Lipinski definition) is 1. The molecule has 0 bridgehead atoms. The maximum atomic E-state index is 11.8. The molecule has 25 heavy (non-hydrogen) atoms. The van der Waals surface area contributed by atoms with Gasteiger partial charge in [-0.1, -0.05) is 29.3 Å². The minimum Gasteiger partial charge on any atom is -0.497 e. The molecule has 0 aliphatic rings. The van der Waals surface area contributed by atoms with Crippen molar-refractivity contribution in [3.8, 4) is 5.75 Å². The van der Waals surface area contributed by atoms with Crippen molar-refractivity contribution < 1.29 is 19.1 Å². The Balaban J connectivity index is 1.82. The van der Waals surface area contributed by atoms with E-state index in [1.165, 1.54) is 12.2 Å². The number of hydrogen-bond acceptors (Lipinski definition) is 4. The van der Waals surface area contributed by atoms with Gasteiger partial charge in [-0.2, -0.15) is 0 Å². The van der Waals surface area contributed by atoms with Crippen LogP contribution in [0, 0.1) is 0 Å². The minimum atomic E-state index is -0.657. The SMILES string of the molecule is COc1ccc(NC(=O)COC(=O)/C=C/c2ccc(Cl)cc2Cl)cc1. The van der Waals surface area contributed by atoms with Crippen LogP contribution in [0.1, 0.15) is 5.56 Å². The van der Waals surface area contributed by atoms with Gasteiger partial charge in [-0.3, -0.25) is 4.79 Å². The molecule has 1 amide bonds. The summed E-state index contributed by atoms with van der Waals surface area (Å²) in [5.74, 6) is -0.428. The zero-order valence-corrected chi connectivity index (χ0v) is 14.8.